The standard InChI is InChI=1S/C17H12N2O7S3/c1-25-13-8-10(9-14-16(20)18-17(27)28-14)6-7-12(13)26-29(23,24)15-5-3-2-4-11(15)19(21)22/h2-9H,1H3,(H,18,20,27)/b14-9-. The number of ether oxygens (including phenoxy) is 1. The number of hydrogen-bond donors (Lipinski definition) is 1. The molecule has 2 aromatic carbocycles. The highest BCUT2D eigenvalue weighted by atomic mass is 32.2. The van der Waals surface area contributed by atoms with E-state index in [1.54, 1.807) is 6.08 Å². The molecule has 1 aliphatic rings. The van der Waals surface area contributed by atoms with E-state index in [4.69, 9.17) is 21.1 Å². The molecular formula is C17H12N2O7S3. The number of nitro groups is 1. The van der Waals surface area contributed by atoms with Crippen molar-refractivity contribution in [3.05, 3.63) is 63.0 Å². The molecule has 0 radical (unpaired) electrons. The average molecular weight is 452 g/mol. The number of para-hydroxylation sites is 1. The van der Waals surface area contributed by atoms with Crippen molar-refractivity contribution < 1.29 is 27.1 Å². The van der Waals surface area contributed by atoms with E-state index >= 15 is 0 Å². The lowest BCUT2D eigenvalue weighted by Gasteiger charge is -2.11. The van der Waals surface area contributed by atoms with Crippen molar-refractivity contribution in [2.24, 2.45) is 0 Å². The Morgan fingerprint density at radius 1 is 1.21 bits per heavy atom. The molecule has 0 spiro atoms. The number of thiocarbonyl (C=S) groups is 1. The van der Waals surface area contributed by atoms with E-state index in [9.17, 15) is 23.3 Å². The summed E-state index contributed by atoms with van der Waals surface area (Å²) in [5.74, 6) is -0.433. The number of amides is 1. The first kappa shape index (κ1) is 20.8. The zero-order valence-electron chi connectivity index (χ0n) is 14.6. The second kappa shape index (κ2) is 8.19. The molecule has 29 heavy (non-hydrogen) atoms. The van der Waals surface area contributed by atoms with Gasteiger partial charge in [0, 0.05) is 6.07 Å². The minimum Gasteiger partial charge on any atom is -0.493 e. The van der Waals surface area contributed by atoms with Crippen LogP contribution in [0.1, 0.15) is 5.56 Å². The van der Waals surface area contributed by atoms with E-state index in [0.717, 1.165) is 23.9 Å². The van der Waals surface area contributed by atoms with Gasteiger partial charge in [-0.3, -0.25) is 14.9 Å². The summed E-state index contributed by atoms with van der Waals surface area (Å²) in [5.41, 5.74) is -0.0623. The third-order valence-electron chi connectivity index (χ3n) is 3.66. The number of nitro benzene ring substituents is 1. The van der Waals surface area contributed by atoms with E-state index in [2.05, 4.69) is 5.32 Å². The number of nitrogens with zero attached hydrogens (tertiary/aromatic N) is 1. The van der Waals surface area contributed by atoms with Crippen molar-refractivity contribution in [3.8, 4) is 11.5 Å². The van der Waals surface area contributed by atoms with Crippen LogP contribution in [0.4, 0.5) is 5.69 Å². The molecule has 0 aromatic heterocycles. The average Bonchev–Trinajstić information content (AvgIpc) is 2.99. The highest BCUT2D eigenvalue weighted by Crippen LogP contribution is 2.34. The maximum Gasteiger partial charge on any atom is 0.346 e. The third kappa shape index (κ3) is 4.55. The molecule has 0 atom stereocenters. The number of methoxy groups -OCH3 is 1. The number of rotatable bonds is 6. The molecule has 1 fully saturated rings. The number of thioether (sulfide) groups is 1. The summed E-state index contributed by atoms with van der Waals surface area (Å²) in [6.45, 7) is 0. The largest absolute Gasteiger partial charge is 0.493 e. The highest BCUT2D eigenvalue weighted by Gasteiger charge is 2.28. The fourth-order valence-corrected chi connectivity index (χ4v) is 4.55. The normalized spacial score (nSPS) is 15.3. The van der Waals surface area contributed by atoms with Crippen LogP contribution in [0.2, 0.25) is 0 Å². The lowest BCUT2D eigenvalue weighted by molar-refractivity contribution is -0.387. The molecule has 0 saturated carbocycles. The van der Waals surface area contributed by atoms with Crippen LogP contribution in [0.3, 0.4) is 0 Å². The number of nitrogens with one attached hydrogen (secondary N) is 1. The lowest BCUT2D eigenvalue weighted by atomic mass is 10.2. The molecule has 0 aliphatic carbocycles. The van der Waals surface area contributed by atoms with E-state index in [-0.39, 0.29) is 17.4 Å². The van der Waals surface area contributed by atoms with Crippen LogP contribution in [0.25, 0.3) is 6.08 Å². The number of carbonyl (C=O) groups is 1. The summed E-state index contributed by atoms with van der Waals surface area (Å²) >= 11 is 6.02. The minimum atomic E-state index is -4.50. The Kier molecular flexibility index (Phi) is 5.86. The third-order valence-corrected chi connectivity index (χ3v) is 6.10. The molecule has 0 unspecified atom stereocenters. The maximum atomic E-state index is 12.6. The van der Waals surface area contributed by atoms with Gasteiger partial charge in [-0.25, -0.2) is 0 Å². The van der Waals surface area contributed by atoms with Gasteiger partial charge in [0.2, 0.25) is 0 Å². The van der Waals surface area contributed by atoms with Gasteiger partial charge in [0.25, 0.3) is 11.6 Å². The van der Waals surface area contributed by atoms with Crippen molar-refractivity contribution in [1.29, 1.82) is 0 Å². The lowest BCUT2D eigenvalue weighted by Crippen LogP contribution is -2.17. The summed E-state index contributed by atoms with van der Waals surface area (Å²) in [6, 6.07) is 9.15. The van der Waals surface area contributed by atoms with Crippen molar-refractivity contribution >= 4 is 56.1 Å². The topological polar surface area (TPSA) is 125 Å². The number of hydrogen-bond acceptors (Lipinski definition) is 9. The molecule has 150 valence electrons. The Balaban J connectivity index is 1.94. The van der Waals surface area contributed by atoms with Crippen LogP contribution in [0, 0.1) is 10.1 Å². The van der Waals surface area contributed by atoms with Crippen molar-refractivity contribution in [2.75, 3.05) is 7.11 Å². The maximum absolute atomic E-state index is 12.6. The van der Waals surface area contributed by atoms with Crippen LogP contribution in [0.15, 0.2) is 52.3 Å². The summed E-state index contributed by atoms with van der Waals surface area (Å²) in [7, 11) is -3.19. The highest BCUT2D eigenvalue weighted by molar-refractivity contribution is 8.26. The molecule has 9 nitrogen and oxygen atoms in total. The molecular weight excluding hydrogens is 440 g/mol. The predicted octanol–water partition coefficient (Wildman–Crippen LogP) is 2.86. The first-order valence-corrected chi connectivity index (χ1v) is 10.5. The van der Waals surface area contributed by atoms with Crippen molar-refractivity contribution in [2.45, 2.75) is 4.90 Å². The van der Waals surface area contributed by atoms with Gasteiger partial charge in [0.1, 0.15) is 4.32 Å². The number of carbonyl (C=O) groups excluding carboxylic acids is 1. The van der Waals surface area contributed by atoms with E-state index in [0.29, 0.717) is 14.8 Å². The summed E-state index contributed by atoms with van der Waals surface area (Å²) < 4.78 is 35.7. The van der Waals surface area contributed by atoms with E-state index < -0.39 is 25.6 Å². The Morgan fingerprint density at radius 2 is 1.93 bits per heavy atom. The van der Waals surface area contributed by atoms with Gasteiger partial charge in [-0.2, -0.15) is 8.42 Å². The molecule has 2 aromatic rings. The van der Waals surface area contributed by atoms with Gasteiger partial charge in [-0.05, 0) is 29.8 Å². The van der Waals surface area contributed by atoms with Crippen molar-refractivity contribution in [3.63, 3.8) is 0 Å². The zero-order chi connectivity index (χ0) is 21.2. The molecule has 1 N–H and O–H groups in total. The molecule has 1 saturated heterocycles. The molecule has 1 heterocycles. The first-order chi connectivity index (χ1) is 13.7. The molecule has 12 heteroatoms. The van der Waals surface area contributed by atoms with Gasteiger partial charge in [-0.1, -0.05) is 42.2 Å². The SMILES string of the molecule is COc1cc(/C=C2\SC(=S)NC2=O)ccc1OS(=O)(=O)c1ccccc1[N+](=O)[O-]. The first-order valence-electron chi connectivity index (χ1n) is 7.82. The van der Waals surface area contributed by atoms with E-state index in [1.807, 2.05) is 0 Å². The van der Waals surface area contributed by atoms with Gasteiger partial charge in [0.05, 0.1) is 16.9 Å². The van der Waals surface area contributed by atoms with Gasteiger partial charge < -0.3 is 14.2 Å². The van der Waals surface area contributed by atoms with Crippen molar-refractivity contribution in [1.82, 2.24) is 5.32 Å². The fraction of sp³-hybridized carbons (Fsp3) is 0.0588. The zero-order valence-corrected chi connectivity index (χ0v) is 17.1. The molecule has 1 amide bonds. The Hall–Kier alpha value is -2.96. The fourth-order valence-electron chi connectivity index (χ4n) is 2.40. The predicted molar refractivity (Wildman–Crippen MR) is 110 cm³/mol. The smallest absolute Gasteiger partial charge is 0.346 e. The van der Waals surface area contributed by atoms with Gasteiger partial charge in [-0.15, -0.1) is 0 Å². The van der Waals surface area contributed by atoms with Crippen LogP contribution in [-0.2, 0) is 14.9 Å². The van der Waals surface area contributed by atoms with Crippen LogP contribution >= 0.6 is 24.0 Å². The van der Waals surface area contributed by atoms with Gasteiger partial charge >= 0.3 is 10.1 Å². The molecule has 3 rings (SSSR count). The van der Waals surface area contributed by atoms with E-state index in [1.165, 1.54) is 37.4 Å². The molecule has 0 bridgehead atoms. The number of benzene rings is 2. The minimum absolute atomic E-state index is 0.0625. The van der Waals surface area contributed by atoms with Crippen LogP contribution in [0.5, 0.6) is 11.5 Å². The molecule has 1 aliphatic heterocycles. The summed E-state index contributed by atoms with van der Waals surface area (Å²) in [6.07, 6.45) is 1.56. The summed E-state index contributed by atoms with van der Waals surface area (Å²) in [4.78, 5) is 21.9. The Morgan fingerprint density at radius 3 is 2.55 bits per heavy atom. The second-order valence-corrected chi connectivity index (χ2v) is 8.76. The van der Waals surface area contributed by atoms with Gasteiger partial charge in [0.15, 0.2) is 16.4 Å². The quantitative estimate of drug-likeness (QED) is 0.231. The monoisotopic (exact) mass is 452 g/mol. The Bertz CT molecular complexity index is 1160. The van der Waals surface area contributed by atoms with Crippen LogP contribution in [-0.4, -0.2) is 30.7 Å². The summed E-state index contributed by atoms with van der Waals surface area (Å²) in [5, 5.41) is 13.6. The van der Waals surface area contributed by atoms with Crippen LogP contribution < -0.4 is 14.2 Å². The second-order valence-electron chi connectivity index (χ2n) is 5.52. The Labute approximate surface area is 175 Å².